The number of nitrogens with one attached hydrogen (secondary N) is 1. The summed E-state index contributed by atoms with van der Waals surface area (Å²) in [5.41, 5.74) is 12.8. The highest BCUT2D eigenvalue weighted by Gasteiger charge is 2.11. The molecule has 0 fully saturated rings. The number of nitrogen functional groups attached to an aromatic ring is 2. The van der Waals surface area contributed by atoms with Crippen LogP contribution < -0.4 is 26.4 Å². The van der Waals surface area contributed by atoms with E-state index < -0.39 is 0 Å². The van der Waals surface area contributed by atoms with Gasteiger partial charge in [-0.05, 0) is 44.5 Å². The SMILES string of the molecule is CC(C)Oc1ccc(N)cc1.CCCCN(C)c1ncnc(N)c1/C=N/OC.CNC=O. The van der Waals surface area contributed by atoms with Gasteiger partial charge in [-0.25, -0.2) is 9.97 Å². The Labute approximate surface area is 191 Å². The molecule has 0 aliphatic heterocycles. The monoisotopic (exact) mass is 447 g/mol. The predicted octanol–water partition coefficient (Wildman–Crippen LogP) is 2.69. The van der Waals surface area contributed by atoms with Crippen molar-refractivity contribution in [3.63, 3.8) is 0 Å². The van der Waals surface area contributed by atoms with Gasteiger partial charge in [0.15, 0.2) is 0 Å². The molecule has 0 spiro atoms. The van der Waals surface area contributed by atoms with E-state index in [1.54, 1.807) is 7.05 Å². The lowest BCUT2D eigenvalue weighted by atomic mass is 10.2. The summed E-state index contributed by atoms with van der Waals surface area (Å²) < 4.78 is 5.41. The van der Waals surface area contributed by atoms with E-state index in [4.69, 9.17) is 21.0 Å². The number of amides is 1. The molecule has 178 valence electrons. The van der Waals surface area contributed by atoms with Gasteiger partial charge in [0.25, 0.3) is 0 Å². The number of anilines is 3. The number of aromatic nitrogens is 2. The van der Waals surface area contributed by atoms with Crippen LogP contribution in [0.4, 0.5) is 17.3 Å². The average molecular weight is 448 g/mol. The second-order valence-corrected chi connectivity index (χ2v) is 6.83. The standard InChI is InChI=1S/C11H19N5O.C9H13NO.C2H5NO/c1-4-5-6-16(2)11-9(7-15-17-3)10(12)13-8-14-11;1-7(2)11-9-5-3-8(10)4-6-9;1-3-2-4/h7-8H,4-6H2,1-3H3,(H2,12,13,14);3-7H,10H2,1-2H3;2H,1H3,(H,3,4)/b15-7+;;. The molecule has 2 aromatic rings. The Hall–Kier alpha value is -3.56. The summed E-state index contributed by atoms with van der Waals surface area (Å²) in [6, 6.07) is 7.40. The van der Waals surface area contributed by atoms with Crippen LogP contribution in [0.5, 0.6) is 5.75 Å². The summed E-state index contributed by atoms with van der Waals surface area (Å²) in [4.78, 5) is 23.9. The molecule has 0 atom stereocenters. The molecular formula is C22H37N7O3. The molecule has 32 heavy (non-hydrogen) atoms. The molecule has 5 N–H and O–H groups in total. The molecule has 10 nitrogen and oxygen atoms in total. The molecule has 0 saturated carbocycles. The number of hydrogen-bond acceptors (Lipinski definition) is 9. The molecule has 10 heteroatoms. The molecule has 0 bridgehead atoms. The summed E-state index contributed by atoms with van der Waals surface area (Å²) in [5.74, 6) is 2.04. The van der Waals surface area contributed by atoms with Crippen LogP contribution >= 0.6 is 0 Å². The van der Waals surface area contributed by atoms with E-state index in [2.05, 4.69) is 32.2 Å². The quantitative estimate of drug-likeness (QED) is 0.231. The Bertz CT molecular complexity index is 784. The number of oxime groups is 1. The maximum absolute atomic E-state index is 9.06. The zero-order valence-corrected chi connectivity index (χ0v) is 19.9. The smallest absolute Gasteiger partial charge is 0.206 e. The lowest BCUT2D eigenvalue weighted by molar-refractivity contribution is -0.109. The van der Waals surface area contributed by atoms with Gasteiger partial charge in [0.1, 0.15) is 30.8 Å². The third-order valence-corrected chi connectivity index (χ3v) is 3.76. The first kappa shape index (κ1) is 28.4. The topological polar surface area (TPSA) is 141 Å². The van der Waals surface area contributed by atoms with E-state index in [9.17, 15) is 0 Å². The number of rotatable bonds is 9. The highest BCUT2D eigenvalue weighted by molar-refractivity contribution is 5.91. The van der Waals surface area contributed by atoms with Gasteiger partial charge in [0, 0.05) is 26.3 Å². The van der Waals surface area contributed by atoms with Crippen molar-refractivity contribution in [3.8, 4) is 5.75 Å². The molecule has 1 amide bonds. The summed E-state index contributed by atoms with van der Waals surface area (Å²) >= 11 is 0. The van der Waals surface area contributed by atoms with Crippen molar-refractivity contribution in [2.45, 2.75) is 39.7 Å². The zero-order valence-electron chi connectivity index (χ0n) is 19.9. The Morgan fingerprint density at radius 1 is 1.22 bits per heavy atom. The van der Waals surface area contributed by atoms with Crippen molar-refractivity contribution in [2.75, 3.05) is 44.1 Å². The fourth-order valence-electron chi connectivity index (χ4n) is 2.25. The summed E-state index contributed by atoms with van der Waals surface area (Å²) in [7, 11) is 5.02. The summed E-state index contributed by atoms with van der Waals surface area (Å²) in [5, 5.41) is 5.96. The van der Waals surface area contributed by atoms with Gasteiger partial charge in [0.2, 0.25) is 6.41 Å². The minimum atomic E-state index is 0.221. The number of nitrogens with zero attached hydrogens (tertiary/aromatic N) is 4. The molecule has 1 aromatic heterocycles. The molecule has 1 aromatic carbocycles. The fraction of sp³-hybridized carbons (Fsp3) is 0.455. The number of hydrogen-bond donors (Lipinski definition) is 3. The number of nitrogens with two attached hydrogens (primary N) is 2. The summed E-state index contributed by atoms with van der Waals surface area (Å²) in [6.07, 6.45) is 6.07. The normalized spacial score (nSPS) is 9.84. The van der Waals surface area contributed by atoms with Crippen molar-refractivity contribution in [1.29, 1.82) is 0 Å². The Morgan fingerprint density at radius 2 is 1.84 bits per heavy atom. The highest BCUT2D eigenvalue weighted by Crippen LogP contribution is 2.18. The van der Waals surface area contributed by atoms with Crippen LogP contribution in [0.25, 0.3) is 0 Å². The molecule has 0 aliphatic carbocycles. The lowest BCUT2D eigenvalue weighted by Gasteiger charge is -2.19. The Kier molecular flexibility index (Phi) is 15.2. The highest BCUT2D eigenvalue weighted by atomic mass is 16.6. The van der Waals surface area contributed by atoms with Crippen LogP contribution in [-0.2, 0) is 9.63 Å². The number of benzene rings is 1. The van der Waals surface area contributed by atoms with Crippen LogP contribution in [0.3, 0.4) is 0 Å². The lowest BCUT2D eigenvalue weighted by Crippen LogP contribution is -2.22. The van der Waals surface area contributed by atoms with Crippen LogP contribution in [0.15, 0.2) is 35.7 Å². The van der Waals surface area contributed by atoms with Gasteiger partial charge >= 0.3 is 0 Å². The molecule has 1 heterocycles. The van der Waals surface area contributed by atoms with Gasteiger partial charge in [0.05, 0.1) is 17.9 Å². The Morgan fingerprint density at radius 3 is 2.34 bits per heavy atom. The third kappa shape index (κ3) is 12.2. The van der Waals surface area contributed by atoms with E-state index in [0.717, 1.165) is 36.6 Å². The second-order valence-electron chi connectivity index (χ2n) is 6.83. The van der Waals surface area contributed by atoms with Crippen LogP contribution in [0.2, 0.25) is 0 Å². The van der Waals surface area contributed by atoms with Crippen LogP contribution in [0.1, 0.15) is 39.2 Å². The fourth-order valence-corrected chi connectivity index (χ4v) is 2.25. The average Bonchev–Trinajstić information content (AvgIpc) is 2.78. The van der Waals surface area contributed by atoms with E-state index in [0.29, 0.717) is 17.8 Å². The van der Waals surface area contributed by atoms with Crippen molar-refractivity contribution in [1.82, 2.24) is 15.3 Å². The first-order valence-corrected chi connectivity index (χ1v) is 10.3. The maximum Gasteiger partial charge on any atom is 0.206 e. The molecule has 0 unspecified atom stereocenters. The summed E-state index contributed by atoms with van der Waals surface area (Å²) in [6.45, 7) is 7.06. The van der Waals surface area contributed by atoms with Crippen molar-refractivity contribution < 1.29 is 14.4 Å². The van der Waals surface area contributed by atoms with Gasteiger partial charge in [-0.3, -0.25) is 4.79 Å². The minimum absolute atomic E-state index is 0.221. The number of unbranched alkanes of at least 4 members (excludes halogenated alkanes) is 1. The molecule has 0 aliphatic rings. The van der Waals surface area contributed by atoms with E-state index in [1.807, 2.05) is 50.1 Å². The first-order valence-electron chi connectivity index (χ1n) is 10.3. The molecular weight excluding hydrogens is 410 g/mol. The number of ether oxygens (including phenoxy) is 1. The van der Waals surface area contributed by atoms with Gasteiger partial charge < -0.3 is 31.3 Å². The van der Waals surface area contributed by atoms with E-state index in [-0.39, 0.29) is 6.10 Å². The van der Waals surface area contributed by atoms with Crippen molar-refractivity contribution in [3.05, 3.63) is 36.2 Å². The number of carbonyl (C=O) groups excluding carboxylic acids is 1. The largest absolute Gasteiger partial charge is 0.491 e. The zero-order chi connectivity index (χ0) is 24.4. The van der Waals surface area contributed by atoms with Gasteiger partial charge in [-0.1, -0.05) is 18.5 Å². The van der Waals surface area contributed by atoms with Crippen molar-refractivity contribution in [2.24, 2.45) is 5.16 Å². The predicted molar refractivity (Wildman–Crippen MR) is 131 cm³/mol. The van der Waals surface area contributed by atoms with Gasteiger partial charge in [-0.2, -0.15) is 0 Å². The number of carbonyl (C=O) groups is 1. The molecule has 2 rings (SSSR count). The van der Waals surface area contributed by atoms with E-state index in [1.165, 1.54) is 19.7 Å². The van der Waals surface area contributed by atoms with Crippen LogP contribution in [-0.4, -0.2) is 56.4 Å². The van der Waals surface area contributed by atoms with Crippen molar-refractivity contribution >= 4 is 29.9 Å². The van der Waals surface area contributed by atoms with E-state index >= 15 is 0 Å². The maximum atomic E-state index is 9.06. The molecule has 0 saturated heterocycles. The molecule has 0 radical (unpaired) electrons. The minimum Gasteiger partial charge on any atom is -0.491 e. The third-order valence-electron chi connectivity index (χ3n) is 3.76. The van der Waals surface area contributed by atoms with Crippen LogP contribution in [0, 0.1) is 0 Å². The van der Waals surface area contributed by atoms with Gasteiger partial charge in [-0.15, -0.1) is 0 Å². The Balaban J connectivity index is 0.000000547. The second kappa shape index (κ2) is 17.2. The first-order chi connectivity index (χ1) is 15.3.